The molecule has 2 rings (SSSR count). The van der Waals surface area contributed by atoms with Crippen molar-refractivity contribution in [1.29, 1.82) is 0 Å². The van der Waals surface area contributed by atoms with Crippen LogP contribution in [0.15, 0.2) is 11.4 Å². The molecule has 0 spiro atoms. The lowest BCUT2D eigenvalue weighted by atomic mass is 10.0. The van der Waals surface area contributed by atoms with Gasteiger partial charge in [0.1, 0.15) is 0 Å². The number of nitro groups is 1. The second-order valence-corrected chi connectivity index (χ2v) is 5.85. The lowest BCUT2D eigenvalue weighted by Gasteiger charge is -2.28. The van der Waals surface area contributed by atoms with Crippen LogP contribution < -0.4 is 5.73 Å². The second-order valence-electron chi connectivity index (χ2n) is 4.96. The van der Waals surface area contributed by atoms with Crippen LogP contribution in [0.25, 0.3) is 0 Å². The fraction of sp³-hybridized carbons (Fsp3) is 0.667. The molecule has 1 saturated carbocycles. The number of thiophene rings is 1. The Morgan fingerprint density at radius 2 is 2.39 bits per heavy atom. The standard InChI is InChI=1S/C12H19N3O2S/c1-14(11-4-2-3-10(11)6-13)7-9-5-12(15(16)17)18-8-9/h5,8,10-11H,2-4,6-7,13H2,1H3. The molecule has 2 atom stereocenters. The molecule has 1 heterocycles. The normalized spacial score (nSPS) is 23.7. The van der Waals surface area contributed by atoms with Gasteiger partial charge in [0.2, 0.25) is 0 Å². The quantitative estimate of drug-likeness (QED) is 0.657. The molecule has 0 amide bonds. The van der Waals surface area contributed by atoms with Gasteiger partial charge in [0, 0.05) is 24.0 Å². The Hall–Kier alpha value is -0.980. The van der Waals surface area contributed by atoms with Crippen LogP contribution in [0.1, 0.15) is 24.8 Å². The molecule has 1 aliphatic rings. The van der Waals surface area contributed by atoms with Crippen molar-refractivity contribution in [3.05, 3.63) is 27.1 Å². The summed E-state index contributed by atoms with van der Waals surface area (Å²) in [5.74, 6) is 0.573. The second kappa shape index (κ2) is 5.77. The van der Waals surface area contributed by atoms with Gasteiger partial charge in [-0.15, -0.1) is 0 Å². The molecule has 0 radical (unpaired) electrons. The van der Waals surface area contributed by atoms with Crippen LogP contribution in [0.5, 0.6) is 0 Å². The molecule has 1 aromatic rings. The summed E-state index contributed by atoms with van der Waals surface area (Å²) in [6.07, 6.45) is 3.63. The Morgan fingerprint density at radius 1 is 1.61 bits per heavy atom. The first-order valence-corrected chi connectivity index (χ1v) is 7.12. The van der Waals surface area contributed by atoms with Crippen LogP contribution in [0.3, 0.4) is 0 Å². The van der Waals surface area contributed by atoms with E-state index in [1.165, 1.54) is 30.6 Å². The number of nitrogens with two attached hydrogens (primary N) is 1. The zero-order valence-electron chi connectivity index (χ0n) is 10.5. The van der Waals surface area contributed by atoms with Crippen LogP contribution in [-0.4, -0.2) is 29.5 Å². The van der Waals surface area contributed by atoms with E-state index in [1.54, 1.807) is 6.07 Å². The fourth-order valence-corrected chi connectivity index (χ4v) is 3.54. The van der Waals surface area contributed by atoms with Crippen molar-refractivity contribution >= 4 is 16.3 Å². The van der Waals surface area contributed by atoms with Gasteiger partial charge < -0.3 is 5.73 Å². The Bertz CT molecular complexity index is 421. The van der Waals surface area contributed by atoms with Crippen LogP contribution >= 0.6 is 11.3 Å². The molecule has 2 N–H and O–H groups in total. The first kappa shape index (κ1) is 13.5. The lowest BCUT2D eigenvalue weighted by Crippen LogP contribution is -2.37. The number of hydrogen-bond acceptors (Lipinski definition) is 5. The summed E-state index contributed by atoms with van der Waals surface area (Å²) in [7, 11) is 2.09. The van der Waals surface area contributed by atoms with Gasteiger partial charge in [0.15, 0.2) is 0 Å². The molecule has 2 unspecified atom stereocenters. The highest BCUT2D eigenvalue weighted by Gasteiger charge is 2.29. The van der Waals surface area contributed by atoms with Crippen molar-refractivity contribution in [2.75, 3.05) is 13.6 Å². The predicted octanol–water partition coefficient (Wildman–Crippen LogP) is 2.22. The highest BCUT2D eigenvalue weighted by atomic mass is 32.1. The van der Waals surface area contributed by atoms with E-state index in [-0.39, 0.29) is 9.92 Å². The van der Waals surface area contributed by atoms with E-state index >= 15 is 0 Å². The molecule has 1 fully saturated rings. The SMILES string of the molecule is CN(Cc1csc([N+](=O)[O-])c1)C1CCCC1CN. The van der Waals surface area contributed by atoms with Crippen molar-refractivity contribution in [3.8, 4) is 0 Å². The molecule has 100 valence electrons. The summed E-state index contributed by atoms with van der Waals surface area (Å²) < 4.78 is 0. The molecule has 0 aliphatic heterocycles. The van der Waals surface area contributed by atoms with E-state index in [0.29, 0.717) is 12.0 Å². The summed E-state index contributed by atoms with van der Waals surface area (Å²) >= 11 is 1.20. The van der Waals surface area contributed by atoms with Gasteiger partial charge in [-0.05, 0) is 37.9 Å². The maximum absolute atomic E-state index is 10.6. The molecule has 18 heavy (non-hydrogen) atoms. The first-order valence-electron chi connectivity index (χ1n) is 6.24. The maximum Gasteiger partial charge on any atom is 0.324 e. The molecule has 0 aromatic carbocycles. The lowest BCUT2D eigenvalue weighted by molar-refractivity contribution is -0.380. The minimum absolute atomic E-state index is 0.222. The van der Waals surface area contributed by atoms with E-state index in [4.69, 9.17) is 5.73 Å². The van der Waals surface area contributed by atoms with Crippen molar-refractivity contribution in [1.82, 2.24) is 4.90 Å². The van der Waals surface area contributed by atoms with Gasteiger partial charge in [0.25, 0.3) is 0 Å². The Morgan fingerprint density at radius 3 is 3.00 bits per heavy atom. The van der Waals surface area contributed by atoms with Crippen molar-refractivity contribution < 1.29 is 4.92 Å². The van der Waals surface area contributed by atoms with Gasteiger partial charge >= 0.3 is 5.00 Å². The largest absolute Gasteiger partial charge is 0.330 e. The van der Waals surface area contributed by atoms with E-state index in [9.17, 15) is 10.1 Å². The Labute approximate surface area is 111 Å². The van der Waals surface area contributed by atoms with Crippen LogP contribution in [0, 0.1) is 16.0 Å². The van der Waals surface area contributed by atoms with Gasteiger partial charge in [-0.3, -0.25) is 15.0 Å². The molecule has 6 heteroatoms. The minimum atomic E-state index is -0.327. The van der Waals surface area contributed by atoms with Gasteiger partial charge in [0.05, 0.1) is 4.92 Å². The Balaban J connectivity index is 1.97. The monoisotopic (exact) mass is 269 g/mol. The highest BCUT2D eigenvalue weighted by Crippen LogP contribution is 2.30. The van der Waals surface area contributed by atoms with Gasteiger partial charge in [-0.25, -0.2) is 0 Å². The first-order chi connectivity index (χ1) is 8.61. The molecule has 5 nitrogen and oxygen atoms in total. The molecular formula is C12H19N3O2S. The van der Waals surface area contributed by atoms with Gasteiger partial charge in [-0.2, -0.15) is 0 Å². The van der Waals surface area contributed by atoms with Crippen LogP contribution in [0.4, 0.5) is 5.00 Å². The minimum Gasteiger partial charge on any atom is -0.330 e. The topological polar surface area (TPSA) is 72.4 Å². The average Bonchev–Trinajstić information content (AvgIpc) is 2.96. The van der Waals surface area contributed by atoms with Crippen LogP contribution in [-0.2, 0) is 6.54 Å². The average molecular weight is 269 g/mol. The zero-order chi connectivity index (χ0) is 13.1. The summed E-state index contributed by atoms with van der Waals surface area (Å²) in [4.78, 5) is 12.6. The summed E-state index contributed by atoms with van der Waals surface area (Å²) in [5, 5.41) is 12.7. The number of hydrogen-bond donors (Lipinski definition) is 1. The van der Waals surface area contributed by atoms with E-state index in [1.807, 2.05) is 5.38 Å². The number of rotatable bonds is 5. The smallest absolute Gasteiger partial charge is 0.324 e. The van der Waals surface area contributed by atoms with Crippen LogP contribution in [0.2, 0.25) is 0 Å². The Kier molecular flexibility index (Phi) is 4.31. The molecule has 1 aromatic heterocycles. The number of nitrogens with zero attached hydrogens (tertiary/aromatic N) is 2. The summed E-state index contributed by atoms with van der Waals surface area (Å²) in [6, 6.07) is 2.20. The third-order valence-electron chi connectivity index (χ3n) is 3.74. The maximum atomic E-state index is 10.6. The zero-order valence-corrected chi connectivity index (χ0v) is 11.4. The van der Waals surface area contributed by atoms with Crippen molar-refractivity contribution in [3.63, 3.8) is 0 Å². The molecular weight excluding hydrogens is 250 g/mol. The molecule has 0 saturated heterocycles. The predicted molar refractivity (Wildman–Crippen MR) is 72.6 cm³/mol. The molecule has 1 aliphatic carbocycles. The summed E-state index contributed by atoms with van der Waals surface area (Å²) in [5.41, 5.74) is 6.81. The van der Waals surface area contributed by atoms with Crippen molar-refractivity contribution in [2.45, 2.75) is 31.8 Å². The van der Waals surface area contributed by atoms with E-state index in [2.05, 4.69) is 11.9 Å². The van der Waals surface area contributed by atoms with E-state index in [0.717, 1.165) is 18.7 Å². The van der Waals surface area contributed by atoms with E-state index < -0.39 is 0 Å². The van der Waals surface area contributed by atoms with Crippen molar-refractivity contribution in [2.24, 2.45) is 11.7 Å². The fourth-order valence-electron chi connectivity index (χ4n) is 2.82. The molecule has 0 bridgehead atoms. The third kappa shape index (κ3) is 2.88. The third-order valence-corrected chi connectivity index (χ3v) is 4.67. The van der Waals surface area contributed by atoms with Gasteiger partial charge in [-0.1, -0.05) is 17.8 Å². The highest BCUT2D eigenvalue weighted by molar-refractivity contribution is 7.13. The summed E-state index contributed by atoms with van der Waals surface area (Å²) in [6.45, 7) is 1.50.